The molecule has 7 nitrogen and oxygen atoms in total. The van der Waals surface area contributed by atoms with Gasteiger partial charge in [-0.2, -0.15) is 0 Å². The number of carbonyl (C=O) groups is 3. The number of ether oxygens (including phenoxy) is 1. The Kier molecular flexibility index (Phi) is 8.31. The summed E-state index contributed by atoms with van der Waals surface area (Å²) in [6.07, 6.45) is 1.43. The van der Waals surface area contributed by atoms with Gasteiger partial charge >= 0.3 is 0 Å². The fraction of sp³-hybridized carbons (Fsp3) is 0.444. The molecule has 4 atom stereocenters. The Morgan fingerprint density at radius 1 is 1.09 bits per heavy atom. The molecule has 7 heteroatoms. The minimum Gasteiger partial charge on any atom is -0.496 e. The Morgan fingerprint density at radius 3 is 2.41 bits per heavy atom. The quantitative estimate of drug-likeness (QED) is 0.619. The van der Waals surface area contributed by atoms with E-state index in [4.69, 9.17) is 4.74 Å². The molecule has 2 aromatic rings. The number of amides is 3. The number of nitrogens with one attached hydrogen (secondary N) is 2. The van der Waals surface area contributed by atoms with E-state index >= 15 is 0 Å². The highest BCUT2D eigenvalue weighted by atomic mass is 16.5. The van der Waals surface area contributed by atoms with Crippen LogP contribution < -0.4 is 20.3 Å². The molecule has 0 radical (unpaired) electrons. The van der Waals surface area contributed by atoms with Crippen LogP contribution in [0.1, 0.15) is 57.2 Å². The van der Waals surface area contributed by atoms with Crippen molar-refractivity contribution in [2.24, 2.45) is 5.92 Å². The highest BCUT2D eigenvalue weighted by Crippen LogP contribution is 2.43. The van der Waals surface area contributed by atoms with Crippen LogP contribution in [0.5, 0.6) is 5.75 Å². The summed E-state index contributed by atoms with van der Waals surface area (Å²) < 4.78 is 5.61. The van der Waals surface area contributed by atoms with Crippen molar-refractivity contribution in [1.82, 2.24) is 10.6 Å². The second-order valence-corrected chi connectivity index (χ2v) is 8.98. The fourth-order valence-electron chi connectivity index (χ4n) is 4.30. The van der Waals surface area contributed by atoms with Crippen molar-refractivity contribution < 1.29 is 19.1 Å². The van der Waals surface area contributed by atoms with Crippen molar-refractivity contribution in [1.29, 1.82) is 0 Å². The van der Waals surface area contributed by atoms with Gasteiger partial charge in [0, 0.05) is 23.7 Å². The minimum absolute atomic E-state index is 0.0255. The molecule has 0 aromatic heterocycles. The monoisotopic (exact) mass is 465 g/mol. The Hall–Kier alpha value is -3.35. The van der Waals surface area contributed by atoms with Crippen molar-refractivity contribution in [3.8, 4) is 5.75 Å². The molecule has 1 fully saturated rings. The SMILES string of the molecule is CCC(C)NC(=O)C(C)NC(=O)C1CCC(=O)N(c2ccc(C)cc2)C1c1ccccc1OC. The third kappa shape index (κ3) is 5.58. The third-order valence-corrected chi connectivity index (χ3v) is 6.46. The molecule has 0 spiro atoms. The number of benzene rings is 2. The Bertz CT molecular complexity index is 1020. The van der Waals surface area contributed by atoms with Gasteiger partial charge < -0.3 is 20.3 Å². The van der Waals surface area contributed by atoms with Gasteiger partial charge in [0.2, 0.25) is 17.7 Å². The Labute approximate surface area is 201 Å². The normalized spacial score (nSPS) is 19.8. The molecule has 3 rings (SSSR count). The van der Waals surface area contributed by atoms with Crippen LogP contribution in [0.4, 0.5) is 5.69 Å². The van der Waals surface area contributed by atoms with E-state index in [0.29, 0.717) is 12.2 Å². The number of nitrogens with zero attached hydrogens (tertiary/aromatic N) is 1. The van der Waals surface area contributed by atoms with Gasteiger partial charge in [0.05, 0.1) is 19.1 Å². The van der Waals surface area contributed by atoms with Gasteiger partial charge in [-0.25, -0.2) is 0 Å². The largest absolute Gasteiger partial charge is 0.496 e. The molecule has 0 aliphatic carbocycles. The number of piperidine rings is 1. The van der Waals surface area contributed by atoms with E-state index in [1.165, 1.54) is 0 Å². The molecular formula is C27H35N3O4. The maximum absolute atomic E-state index is 13.5. The molecule has 1 heterocycles. The number of hydrogen-bond acceptors (Lipinski definition) is 4. The van der Waals surface area contributed by atoms with Crippen molar-refractivity contribution in [3.63, 3.8) is 0 Å². The minimum atomic E-state index is -0.690. The summed E-state index contributed by atoms with van der Waals surface area (Å²) in [5.74, 6) is -0.466. The fourth-order valence-corrected chi connectivity index (χ4v) is 4.30. The number of carbonyl (C=O) groups excluding carboxylic acids is 3. The van der Waals surface area contributed by atoms with Crippen LogP contribution in [-0.2, 0) is 14.4 Å². The number of methoxy groups -OCH3 is 1. The first-order chi connectivity index (χ1) is 16.3. The number of rotatable bonds is 8. The molecule has 1 aliphatic rings. The van der Waals surface area contributed by atoms with Gasteiger partial charge in [0.25, 0.3) is 0 Å². The average molecular weight is 466 g/mol. The number of anilines is 1. The van der Waals surface area contributed by atoms with Crippen LogP contribution in [0.15, 0.2) is 48.5 Å². The van der Waals surface area contributed by atoms with Gasteiger partial charge in [0.1, 0.15) is 11.8 Å². The molecule has 2 aromatic carbocycles. The van der Waals surface area contributed by atoms with Crippen molar-refractivity contribution >= 4 is 23.4 Å². The summed E-state index contributed by atoms with van der Waals surface area (Å²) in [6, 6.07) is 13.9. The molecule has 182 valence electrons. The lowest BCUT2D eigenvalue weighted by Gasteiger charge is -2.41. The molecular weight excluding hydrogens is 430 g/mol. The van der Waals surface area contributed by atoms with E-state index in [9.17, 15) is 14.4 Å². The van der Waals surface area contributed by atoms with E-state index in [2.05, 4.69) is 10.6 Å². The topological polar surface area (TPSA) is 87.7 Å². The van der Waals surface area contributed by atoms with Crippen LogP contribution in [0.25, 0.3) is 0 Å². The average Bonchev–Trinajstić information content (AvgIpc) is 2.84. The Balaban J connectivity index is 1.97. The van der Waals surface area contributed by atoms with Crippen molar-refractivity contribution in [3.05, 3.63) is 59.7 Å². The number of para-hydroxylation sites is 1. The van der Waals surface area contributed by atoms with Gasteiger partial charge in [-0.05, 0) is 51.8 Å². The summed E-state index contributed by atoms with van der Waals surface area (Å²) in [6.45, 7) is 7.59. The zero-order valence-corrected chi connectivity index (χ0v) is 20.6. The summed E-state index contributed by atoms with van der Waals surface area (Å²) in [4.78, 5) is 41.0. The standard InChI is InChI=1S/C27H35N3O4/c1-6-18(3)28-26(32)19(4)29-27(33)22-15-16-24(31)30(20-13-11-17(2)12-14-20)25(22)21-9-7-8-10-23(21)34-5/h7-14,18-19,22,25H,6,15-16H2,1-5H3,(H,28,32)(H,29,33). The lowest BCUT2D eigenvalue weighted by atomic mass is 9.82. The van der Waals surface area contributed by atoms with Gasteiger partial charge in [0.15, 0.2) is 0 Å². The molecule has 34 heavy (non-hydrogen) atoms. The van der Waals surface area contributed by atoms with Crippen LogP contribution >= 0.6 is 0 Å². The van der Waals surface area contributed by atoms with E-state index in [-0.39, 0.29) is 30.2 Å². The van der Waals surface area contributed by atoms with Crippen LogP contribution in [0.2, 0.25) is 0 Å². The van der Waals surface area contributed by atoms with Crippen molar-refractivity contribution in [2.75, 3.05) is 12.0 Å². The van der Waals surface area contributed by atoms with Crippen LogP contribution in [0.3, 0.4) is 0 Å². The third-order valence-electron chi connectivity index (χ3n) is 6.46. The van der Waals surface area contributed by atoms with Gasteiger partial charge in [-0.3, -0.25) is 14.4 Å². The van der Waals surface area contributed by atoms with E-state index in [1.54, 1.807) is 18.9 Å². The maximum Gasteiger partial charge on any atom is 0.242 e. The molecule has 1 aliphatic heterocycles. The van der Waals surface area contributed by atoms with Crippen LogP contribution in [0, 0.1) is 12.8 Å². The summed E-state index contributed by atoms with van der Waals surface area (Å²) >= 11 is 0. The molecule has 1 saturated heterocycles. The zero-order valence-electron chi connectivity index (χ0n) is 20.6. The predicted octanol–water partition coefficient (Wildman–Crippen LogP) is 3.91. The van der Waals surface area contributed by atoms with Crippen molar-refractivity contribution in [2.45, 2.75) is 65.1 Å². The summed E-state index contributed by atoms with van der Waals surface area (Å²) in [5.41, 5.74) is 2.57. The van der Waals surface area contributed by atoms with E-state index in [1.807, 2.05) is 69.3 Å². The number of aryl methyl sites for hydroxylation is 1. The lowest BCUT2D eigenvalue weighted by molar-refractivity contribution is -0.133. The molecule has 3 amide bonds. The molecule has 4 unspecified atom stereocenters. The first kappa shape index (κ1) is 25.3. The lowest BCUT2D eigenvalue weighted by Crippen LogP contribution is -2.53. The molecule has 0 saturated carbocycles. The molecule has 0 bridgehead atoms. The molecule has 2 N–H and O–H groups in total. The van der Waals surface area contributed by atoms with Gasteiger partial charge in [-0.15, -0.1) is 0 Å². The number of hydrogen-bond donors (Lipinski definition) is 2. The zero-order chi connectivity index (χ0) is 24.8. The predicted molar refractivity (Wildman–Crippen MR) is 133 cm³/mol. The first-order valence-corrected chi connectivity index (χ1v) is 11.9. The second kappa shape index (κ2) is 11.2. The second-order valence-electron chi connectivity index (χ2n) is 8.98. The smallest absolute Gasteiger partial charge is 0.242 e. The highest BCUT2D eigenvalue weighted by molar-refractivity contribution is 5.98. The highest BCUT2D eigenvalue weighted by Gasteiger charge is 2.43. The van der Waals surface area contributed by atoms with Gasteiger partial charge in [-0.1, -0.05) is 42.8 Å². The Morgan fingerprint density at radius 2 is 1.76 bits per heavy atom. The van der Waals surface area contributed by atoms with E-state index < -0.39 is 18.0 Å². The van der Waals surface area contributed by atoms with Crippen LogP contribution in [-0.4, -0.2) is 36.9 Å². The maximum atomic E-state index is 13.5. The summed E-state index contributed by atoms with van der Waals surface area (Å²) in [7, 11) is 1.58. The first-order valence-electron chi connectivity index (χ1n) is 11.9. The van der Waals surface area contributed by atoms with E-state index in [0.717, 1.165) is 23.2 Å². The summed E-state index contributed by atoms with van der Waals surface area (Å²) in [5, 5.41) is 5.79.